The number of rotatable bonds is 0. The van der Waals surface area contributed by atoms with E-state index in [1.165, 1.54) is 11.1 Å². The summed E-state index contributed by atoms with van der Waals surface area (Å²) in [4.78, 5) is 59.5. The van der Waals surface area contributed by atoms with Crippen molar-refractivity contribution in [2.24, 2.45) is 0 Å². The first-order valence-corrected chi connectivity index (χ1v) is 30.6. The molecule has 0 atom stereocenters. The minimum atomic E-state index is 0. The van der Waals surface area contributed by atoms with Gasteiger partial charge in [-0.1, -0.05) is 186 Å². The van der Waals surface area contributed by atoms with Gasteiger partial charge < -0.3 is 0 Å². The molecule has 89 heavy (non-hydrogen) atoms. The van der Waals surface area contributed by atoms with E-state index in [1.807, 2.05) is 116 Å². The lowest BCUT2D eigenvalue weighted by molar-refractivity contribution is 0.544. The predicted molar refractivity (Wildman–Crippen MR) is 375 cm³/mol. The minimum Gasteiger partial charge on any atom is -0.260 e. The summed E-state index contributed by atoms with van der Waals surface area (Å²) in [6, 6.07) is 8.39. The molecule has 0 amide bonds. The first kappa shape index (κ1) is 81.8. The molecule has 0 radical (unpaired) electrons. The van der Waals surface area contributed by atoms with Crippen molar-refractivity contribution in [3.05, 3.63) is 202 Å². The molecule has 0 spiro atoms. The minimum absolute atomic E-state index is 0. The molecule has 8 heterocycles. The zero-order valence-corrected chi connectivity index (χ0v) is 60.7. The van der Waals surface area contributed by atoms with Gasteiger partial charge in [-0.05, 0) is 101 Å². The second-order valence-electron chi connectivity index (χ2n) is 30.9. The fraction of sp³-hybridized carbons (Fsp3) is 0.547. The summed E-state index contributed by atoms with van der Waals surface area (Å²) in [5, 5.41) is 0. The van der Waals surface area contributed by atoms with Crippen LogP contribution in [0.4, 0.5) is 0 Å². The van der Waals surface area contributed by atoms with Gasteiger partial charge in [-0.25, -0.2) is 39.9 Å². The summed E-state index contributed by atoms with van der Waals surface area (Å²) < 4.78 is 0. The molecule has 8 rings (SSSR count). The van der Waals surface area contributed by atoms with Crippen LogP contribution in [0.25, 0.3) is 0 Å². The van der Waals surface area contributed by atoms with Gasteiger partial charge in [0.1, 0.15) is 23.3 Å². The Morgan fingerprint density at radius 1 is 0.180 bits per heavy atom. The maximum absolute atomic E-state index is 4.35. The van der Waals surface area contributed by atoms with Gasteiger partial charge in [0, 0.05) is 141 Å². The SMILES string of the molecule is C.Cc1ccc(C(C)(C)C)nc1.Cc1ccc(C(C)(C)C)nc1.Cc1cnc(C(C)(C)C)cn1.Cc1cnc(C(C)(C)C)cn1.Cc1cnc(C(C)(C)C)nc1.Cc1cnc(C(C)(C)C)nc1.Cc1cnc(C(C)(C)C)nc1.Cc1cnc(C(C)(C)C)nc1. The van der Waals surface area contributed by atoms with E-state index in [9.17, 15) is 0 Å². The normalized spacial score (nSPS) is 11.5. The van der Waals surface area contributed by atoms with Crippen molar-refractivity contribution in [1.29, 1.82) is 0 Å². The van der Waals surface area contributed by atoms with E-state index >= 15 is 0 Å². The lowest BCUT2D eigenvalue weighted by atomic mass is 9.91. The third-order valence-electron chi connectivity index (χ3n) is 12.3. The zero-order valence-electron chi connectivity index (χ0n) is 60.7. The van der Waals surface area contributed by atoms with Gasteiger partial charge >= 0.3 is 0 Å². The topological polar surface area (TPSA) is 180 Å². The molecular weight excluding hydrogens is 1100 g/mol. The number of hydrogen-bond donors (Lipinski definition) is 0. The molecule has 0 saturated carbocycles. The summed E-state index contributed by atoms with van der Waals surface area (Å²) in [7, 11) is 0. The lowest BCUT2D eigenvalue weighted by Crippen LogP contribution is -2.15. The van der Waals surface area contributed by atoms with Crippen LogP contribution in [-0.2, 0) is 43.3 Å². The van der Waals surface area contributed by atoms with E-state index in [2.05, 4.69) is 274 Å². The molecule has 8 aromatic rings. The highest BCUT2D eigenvalue weighted by Gasteiger charge is 2.20. The maximum Gasteiger partial charge on any atom is 0.133 e. The molecular formula is C75H118N14. The van der Waals surface area contributed by atoms with E-state index in [4.69, 9.17) is 0 Å². The van der Waals surface area contributed by atoms with Crippen LogP contribution in [0.1, 0.15) is 264 Å². The van der Waals surface area contributed by atoms with Gasteiger partial charge in [0.15, 0.2) is 0 Å². The number of aromatic nitrogens is 14. The van der Waals surface area contributed by atoms with Gasteiger partial charge in [0.25, 0.3) is 0 Å². The fourth-order valence-electron chi connectivity index (χ4n) is 6.50. The molecule has 0 aliphatic carbocycles. The molecule has 488 valence electrons. The highest BCUT2D eigenvalue weighted by molar-refractivity contribution is 5.19. The number of hydrogen-bond acceptors (Lipinski definition) is 14. The molecule has 0 unspecified atom stereocenters. The Morgan fingerprint density at radius 3 is 0.494 bits per heavy atom. The van der Waals surface area contributed by atoms with Gasteiger partial charge in [-0.2, -0.15) is 0 Å². The Bertz CT molecular complexity index is 2510. The molecule has 8 aromatic heterocycles. The first-order chi connectivity index (χ1) is 40.0. The highest BCUT2D eigenvalue weighted by Crippen LogP contribution is 2.23. The summed E-state index contributed by atoms with van der Waals surface area (Å²) in [6.45, 7) is 67.1. The van der Waals surface area contributed by atoms with Crippen LogP contribution in [0.3, 0.4) is 0 Å². The van der Waals surface area contributed by atoms with Crippen molar-refractivity contribution in [2.45, 2.75) is 272 Å². The Balaban J connectivity index is 0.000000993. The molecule has 14 heteroatoms. The van der Waals surface area contributed by atoms with E-state index in [1.54, 1.807) is 12.4 Å². The summed E-state index contributed by atoms with van der Waals surface area (Å²) in [5.41, 5.74) is 14.0. The van der Waals surface area contributed by atoms with Gasteiger partial charge in [0.05, 0.1) is 22.8 Å². The van der Waals surface area contributed by atoms with Crippen LogP contribution in [0, 0.1) is 55.4 Å². The van der Waals surface area contributed by atoms with E-state index < -0.39 is 0 Å². The Hall–Kier alpha value is -7.22. The molecule has 0 aromatic carbocycles. The average Bonchev–Trinajstić information content (AvgIpc) is 3.61. The zero-order chi connectivity index (χ0) is 67.9. The quantitative estimate of drug-likeness (QED) is 0.140. The molecule has 14 nitrogen and oxygen atoms in total. The maximum atomic E-state index is 4.35. The monoisotopic (exact) mass is 1210 g/mol. The van der Waals surface area contributed by atoms with Crippen LogP contribution >= 0.6 is 0 Å². The number of pyridine rings is 2. The fourth-order valence-corrected chi connectivity index (χ4v) is 6.50. The lowest BCUT2D eigenvalue weighted by Gasteiger charge is -2.17. The number of nitrogens with zero attached hydrogens (tertiary/aromatic N) is 14. The standard InChI is InChI=1S/2C10H15N.6C9H14N2.CH4/c2*1-8-5-6-9(11-7-8)10(2,3)4;2*1-7-5-11-8(6-10-7)9(2,3)4;4*1-7-5-10-8(11-6-7)9(2,3)4;/h2*5-7H,1-4H3;6*5-6H,1-4H3;1H4. The van der Waals surface area contributed by atoms with E-state index in [-0.39, 0.29) is 50.7 Å². The third kappa shape index (κ3) is 34.4. The van der Waals surface area contributed by atoms with Crippen LogP contribution in [-0.4, -0.2) is 69.8 Å². The molecule has 0 fully saturated rings. The Kier molecular flexibility index (Phi) is 32.4. The van der Waals surface area contributed by atoms with Crippen LogP contribution < -0.4 is 0 Å². The van der Waals surface area contributed by atoms with Gasteiger partial charge in [-0.15, -0.1) is 0 Å². The Morgan fingerprint density at radius 2 is 0.360 bits per heavy atom. The van der Waals surface area contributed by atoms with E-state index in [0.717, 1.165) is 79.7 Å². The van der Waals surface area contributed by atoms with Crippen molar-refractivity contribution < 1.29 is 0 Å². The molecule has 0 aliphatic rings. The van der Waals surface area contributed by atoms with Crippen LogP contribution in [0.15, 0.2) is 111 Å². The van der Waals surface area contributed by atoms with Crippen molar-refractivity contribution in [3.8, 4) is 0 Å². The van der Waals surface area contributed by atoms with Crippen LogP contribution in [0.5, 0.6) is 0 Å². The first-order valence-electron chi connectivity index (χ1n) is 30.6. The third-order valence-corrected chi connectivity index (χ3v) is 12.3. The second kappa shape index (κ2) is 35.2. The Labute approximate surface area is 541 Å². The largest absolute Gasteiger partial charge is 0.260 e. The van der Waals surface area contributed by atoms with Crippen molar-refractivity contribution >= 4 is 0 Å². The van der Waals surface area contributed by atoms with Crippen molar-refractivity contribution in [2.75, 3.05) is 0 Å². The van der Waals surface area contributed by atoms with Crippen LogP contribution in [0.2, 0.25) is 0 Å². The molecule has 0 N–H and O–H groups in total. The number of aryl methyl sites for hydroxylation is 8. The molecule has 0 aliphatic heterocycles. The molecule has 0 saturated heterocycles. The van der Waals surface area contributed by atoms with Crippen molar-refractivity contribution in [3.63, 3.8) is 0 Å². The summed E-state index contributed by atoms with van der Waals surface area (Å²) in [5.74, 6) is 3.62. The predicted octanol–water partition coefficient (Wildman–Crippen LogP) is 18.5. The van der Waals surface area contributed by atoms with Crippen molar-refractivity contribution in [1.82, 2.24) is 69.8 Å². The second-order valence-corrected chi connectivity index (χ2v) is 30.9. The average molecular weight is 1220 g/mol. The van der Waals surface area contributed by atoms with Gasteiger partial charge in [-0.3, -0.25) is 29.9 Å². The van der Waals surface area contributed by atoms with Gasteiger partial charge in [0.2, 0.25) is 0 Å². The summed E-state index contributed by atoms with van der Waals surface area (Å²) in [6.07, 6.45) is 26.0. The smallest absolute Gasteiger partial charge is 0.133 e. The van der Waals surface area contributed by atoms with E-state index in [0.29, 0.717) is 0 Å². The highest BCUT2D eigenvalue weighted by atomic mass is 14.9. The molecule has 0 bridgehead atoms. The summed E-state index contributed by atoms with van der Waals surface area (Å²) >= 11 is 0.